The molecule has 27 heavy (non-hydrogen) atoms. The fourth-order valence-electron chi connectivity index (χ4n) is 3.11. The van der Waals surface area contributed by atoms with Crippen LogP contribution in [0.5, 0.6) is 0 Å². The number of aromatic nitrogens is 2. The normalized spacial score (nSPS) is 16.1. The number of likely N-dealkylation sites (N-methyl/N-ethyl adjacent to an activating group) is 1. The Balaban J connectivity index is 1.50. The van der Waals surface area contributed by atoms with Crippen LogP contribution in [0.4, 0.5) is 5.82 Å². The molecule has 0 unspecified atom stereocenters. The molecule has 1 aromatic carbocycles. The zero-order valence-electron chi connectivity index (χ0n) is 15.0. The number of hydrogen-bond acceptors (Lipinski definition) is 7. The van der Waals surface area contributed by atoms with E-state index in [1.54, 1.807) is 23.8 Å². The largest absolute Gasteiger partial charge is 0.354 e. The average Bonchev–Trinajstić information content (AvgIpc) is 3.16. The summed E-state index contributed by atoms with van der Waals surface area (Å²) < 4.78 is 29.1. The first kappa shape index (κ1) is 18.3. The Labute approximate surface area is 162 Å². The minimum atomic E-state index is -3.65. The Kier molecular flexibility index (Phi) is 5.09. The minimum Gasteiger partial charge on any atom is -0.354 e. The quantitative estimate of drug-likeness (QED) is 0.701. The molecule has 0 atom stereocenters. The smallest absolute Gasteiger partial charge is 0.243 e. The lowest BCUT2D eigenvalue weighted by Crippen LogP contribution is -2.44. The van der Waals surface area contributed by atoms with Crippen molar-refractivity contribution in [2.45, 2.75) is 11.4 Å². The zero-order chi connectivity index (χ0) is 18.9. The highest BCUT2D eigenvalue weighted by molar-refractivity contribution is 7.89. The second-order valence-corrected chi connectivity index (χ2v) is 9.21. The van der Waals surface area contributed by atoms with Crippen LogP contribution in [-0.2, 0) is 16.6 Å². The van der Waals surface area contributed by atoms with Gasteiger partial charge in [0.05, 0.1) is 10.2 Å². The van der Waals surface area contributed by atoms with E-state index in [-0.39, 0.29) is 11.4 Å². The highest BCUT2D eigenvalue weighted by Crippen LogP contribution is 2.25. The molecule has 1 N–H and O–H groups in total. The van der Waals surface area contributed by atoms with Crippen LogP contribution in [0.1, 0.15) is 5.56 Å². The number of thiazole rings is 1. The van der Waals surface area contributed by atoms with E-state index in [0.717, 1.165) is 42.3 Å². The third kappa shape index (κ3) is 3.96. The molecule has 2 aromatic heterocycles. The lowest BCUT2D eigenvalue weighted by molar-refractivity contribution is 0.312. The number of nitrogens with zero attached hydrogens (tertiary/aromatic N) is 4. The van der Waals surface area contributed by atoms with E-state index in [1.807, 2.05) is 18.2 Å². The van der Waals surface area contributed by atoms with Crippen LogP contribution >= 0.6 is 11.3 Å². The fraction of sp³-hybridized carbons (Fsp3) is 0.333. The molecule has 1 aliphatic rings. The van der Waals surface area contributed by atoms with Crippen molar-refractivity contribution in [3.8, 4) is 0 Å². The lowest BCUT2D eigenvalue weighted by Gasteiger charge is -2.33. The SMILES string of the molecule is CN1CCN(c2cc(CNS(=O)(=O)c3cccc4scnc34)ccn2)CC1. The van der Waals surface area contributed by atoms with Crippen molar-refractivity contribution in [3.63, 3.8) is 0 Å². The van der Waals surface area contributed by atoms with Crippen LogP contribution in [0.25, 0.3) is 10.2 Å². The van der Waals surface area contributed by atoms with E-state index in [9.17, 15) is 8.42 Å². The summed E-state index contributed by atoms with van der Waals surface area (Å²) in [6.45, 7) is 4.05. The molecule has 1 saturated heterocycles. The molecule has 7 nitrogen and oxygen atoms in total. The summed E-state index contributed by atoms with van der Waals surface area (Å²) in [5.74, 6) is 0.890. The summed E-state index contributed by atoms with van der Waals surface area (Å²) in [5, 5.41) is 0. The second-order valence-electron chi connectivity index (χ2n) is 6.59. The molecule has 1 fully saturated rings. The van der Waals surface area contributed by atoms with E-state index in [4.69, 9.17) is 0 Å². The third-order valence-corrected chi connectivity index (χ3v) is 6.94. The number of nitrogens with one attached hydrogen (secondary N) is 1. The van der Waals surface area contributed by atoms with Crippen molar-refractivity contribution >= 4 is 37.4 Å². The Morgan fingerprint density at radius 1 is 1.15 bits per heavy atom. The van der Waals surface area contributed by atoms with Gasteiger partial charge in [0.15, 0.2) is 0 Å². The molecule has 0 saturated carbocycles. The maximum Gasteiger partial charge on any atom is 0.243 e. The molecule has 1 aliphatic heterocycles. The topological polar surface area (TPSA) is 78.4 Å². The van der Waals surface area contributed by atoms with Gasteiger partial charge >= 0.3 is 0 Å². The molecule has 0 aliphatic carbocycles. The van der Waals surface area contributed by atoms with Crippen LogP contribution in [-0.4, -0.2) is 56.5 Å². The summed E-state index contributed by atoms with van der Waals surface area (Å²) >= 11 is 1.43. The van der Waals surface area contributed by atoms with E-state index < -0.39 is 10.0 Å². The van der Waals surface area contributed by atoms with Gasteiger partial charge in [-0.2, -0.15) is 0 Å². The number of pyridine rings is 1. The molecule has 3 heterocycles. The average molecular weight is 404 g/mol. The fourth-order valence-corrected chi connectivity index (χ4v) is 5.07. The predicted molar refractivity (Wildman–Crippen MR) is 108 cm³/mol. The van der Waals surface area contributed by atoms with Gasteiger partial charge in [0.25, 0.3) is 0 Å². The van der Waals surface area contributed by atoms with Crippen molar-refractivity contribution in [3.05, 3.63) is 47.6 Å². The maximum absolute atomic E-state index is 12.8. The van der Waals surface area contributed by atoms with Crippen molar-refractivity contribution in [2.24, 2.45) is 0 Å². The number of rotatable bonds is 5. The van der Waals surface area contributed by atoms with Gasteiger partial charge in [-0.1, -0.05) is 6.07 Å². The first-order chi connectivity index (χ1) is 13.0. The van der Waals surface area contributed by atoms with Gasteiger partial charge in [-0.3, -0.25) is 0 Å². The van der Waals surface area contributed by atoms with Crippen molar-refractivity contribution in [1.82, 2.24) is 19.6 Å². The van der Waals surface area contributed by atoms with E-state index in [0.29, 0.717) is 5.52 Å². The number of para-hydroxylation sites is 1. The molecule has 142 valence electrons. The summed E-state index contributed by atoms with van der Waals surface area (Å²) in [7, 11) is -1.54. The van der Waals surface area contributed by atoms with E-state index in [1.165, 1.54) is 11.3 Å². The van der Waals surface area contributed by atoms with Crippen LogP contribution in [0.3, 0.4) is 0 Å². The first-order valence-corrected chi connectivity index (χ1v) is 11.1. The van der Waals surface area contributed by atoms with Crippen LogP contribution in [0, 0.1) is 0 Å². The highest BCUT2D eigenvalue weighted by atomic mass is 32.2. The molecule has 3 aromatic rings. The Morgan fingerprint density at radius 3 is 2.78 bits per heavy atom. The molecule has 9 heteroatoms. The number of hydrogen-bond donors (Lipinski definition) is 1. The first-order valence-electron chi connectivity index (χ1n) is 8.73. The van der Waals surface area contributed by atoms with Crippen molar-refractivity contribution in [1.29, 1.82) is 0 Å². The van der Waals surface area contributed by atoms with Gasteiger partial charge in [-0.25, -0.2) is 23.1 Å². The summed E-state index contributed by atoms with van der Waals surface area (Å²) in [5.41, 5.74) is 3.06. The second kappa shape index (κ2) is 7.51. The molecular weight excluding hydrogens is 382 g/mol. The summed E-state index contributed by atoms with van der Waals surface area (Å²) in [4.78, 5) is 13.4. The molecule has 0 amide bonds. The van der Waals surface area contributed by atoms with Gasteiger partial charge < -0.3 is 9.80 Å². The van der Waals surface area contributed by atoms with Gasteiger partial charge in [-0.15, -0.1) is 11.3 Å². The minimum absolute atomic E-state index is 0.214. The predicted octanol–water partition coefficient (Wildman–Crippen LogP) is 1.92. The summed E-state index contributed by atoms with van der Waals surface area (Å²) in [6, 6.07) is 9.00. The number of fused-ring (bicyclic) bond motifs is 1. The lowest BCUT2D eigenvalue weighted by atomic mass is 10.2. The molecule has 0 bridgehead atoms. The number of piperazine rings is 1. The number of sulfonamides is 1. The van der Waals surface area contributed by atoms with Crippen LogP contribution < -0.4 is 9.62 Å². The summed E-state index contributed by atoms with van der Waals surface area (Å²) in [6.07, 6.45) is 1.73. The van der Waals surface area contributed by atoms with E-state index >= 15 is 0 Å². The van der Waals surface area contributed by atoms with Gasteiger partial charge in [0, 0.05) is 38.9 Å². The standard InChI is InChI=1S/C18H21N5O2S2/c1-22-7-9-23(10-8-22)17-11-14(5-6-19-17)12-21-27(24,25)16-4-2-3-15-18(16)20-13-26-15/h2-6,11,13,21H,7-10,12H2,1H3. The van der Waals surface area contributed by atoms with Crippen molar-refractivity contribution < 1.29 is 8.42 Å². The monoisotopic (exact) mass is 403 g/mol. The highest BCUT2D eigenvalue weighted by Gasteiger charge is 2.19. The molecule has 0 spiro atoms. The van der Waals surface area contributed by atoms with Crippen molar-refractivity contribution in [2.75, 3.05) is 38.1 Å². The maximum atomic E-state index is 12.8. The van der Waals surface area contributed by atoms with Gasteiger partial charge in [-0.05, 0) is 36.9 Å². The third-order valence-electron chi connectivity index (χ3n) is 4.72. The van der Waals surface area contributed by atoms with E-state index in [2.05, 4.69) is 31.5 Å². The Morgan fingerprint density at radius 2 is 1.96 bits per heavy atom. The molecule has 4 rings (SSSR count). The van der Waals surface area contributed by atoms with Crippen LogP contribution in [0.2, 0.25) is 0 Å². The Bertz CT molecular complexity index is 1040. The molecular formula is C18H21N5O2S2. The van der Waals surface area contributed by atoms with Gasteiger partial charge in [0.2, 0.25) is 10.0 Å². The molecule has 0 radical (unpaired) electrons. The van der Waals surface area contributed by atoms with Gasteiger partial charge in [0.1, 0.15) is 16.2 Å². The van der Waals surface area contributed by atoms with Crippen LogP contribution in [0.15, 0.2) is 46.9 Å². The number of benzene rings is 1. The Hall–Kier alpha value is -2.07. The zero-order valence-corrected chi connectivity index (χ0v) is 16.6. The number of anilines is 1.